The number of aromatic nitrogens is 4. The van der Waals surface area contributed by atoms with Crippen LogP contribution in [0.5, 0.6) is 0 Å². The van der Waals surface area contributed by atoms with Crippen LogP contribution in [0.3, 0.4) is 0 Å². The molecule has 0 radical (unpaired) electrons. The Balaban J connectivity index is 1.72. The molecule has 0 fully saturated rings. The summed E-state index contributed by atoms with van der Waals surface area (Å²) in [4.78, 5) is 19.0. The summed E-state index contributed by atoms with van der Waals surface area (Å²) in [5, 5.41) is 7.09. The molecule has 0 saturated carbocycles. The maximum atomic E-state index is 14.3. The summed E-state index contributed by atoms with van der Waals surface area (Å²) in [6, 6.07) is 10.3. The number of anilines is 1. The second kappa shape index (κ2) is 14.0. The molecular formula is C31H27ClF6N8O2S. The van der Waals surface area contributed by atoms with Crippen molar-refractivity contribution < 1.29 is 30.6 Å². The number of rotatable bonds is 11. The van der Waals surface area contributed by atoms with Crippen molar-refractivity contribution in [2.24, 2.45) is 15.9 Å². The van der Waals surface area contributed by atoms with E-state index in [9.17, 15) is 35.3 Å². The SMILES string of the molecule is CNc1c(-n2c(C(N)Cc3cc(F)cc(F)c3)nc3cc(-c4ccn(CC(F)(F)C(F)F)n4)ccc3c2=O)ccc(Cl)c1/C(N)=N/S(C)=O. The number of fused-ring (bicyclic) bond motifs is 1. The van der Waals surface area contributed by atoms with Gasteiger partial charge in [0.05, 0.1) is 44.6 Å². The highest BCUT2D eigenvalue weighted by atomic mass is 35.5. The fraction of sp³-hybridized carbons (Fsp3) is 0.226. The van der Waals surface area contributed by atoms with Crippen molar-refractivity contribution in [2.45, 2.75) is 31.4 Å². The van der Waals surface area contributed by atoms with Gasteiger partial charge in [0.15, 0.2) is 0 Å². The first-order valence-electron chi connectivity index (χ1n) is 14.3. The van der Waals surface area contributed by atoms with Gasteiger partial charge in [-0.15, -0.1) is 0 Å². The van der Waals surface area contributed by atoms with Crippen LogP contribution in [0.2, 0.25) is 5.02 Å². The van der Waals surface area contributed by atoms with Gasteiger partial charge in [-0.3, -0.25) is 14.0 Å². The van der Waals surface area contributed by atoms with E-state index in [0.29, 0.717) is 16.3 Å². The largest absolute Gasteiger partial charge is 0.386 e. The van der Waals surface area contributed by atoms with Gasteiger partial charge in [0, 0.05) is 31.1 Å². The monoisotopic (exact) mass is 724 g/mol. The van der Waals surface area contributed by atoms with Gasteiger partial charge in [-0.25, -0.2) is 26.8 Å². The quantitative estimate of drug-likeness (QED) is 0.0944. The van der Waals surface area contributed by atoms with Crippen molar-refractivity contribution in [3.05, 3.63) is 105 Å². The van der Waals surface area contributed by atoms with Crippen molar-refractivity contribution in [1.82, 2.24) is 19.3 Å². The molecule has 5 aromatic rings. The number of alkyl halides is 4. The Morgan fingerprint density at radius 3 is 2.43 bits per heavy atom. The zero-order valence-electron chi connectivity index (χ0n) is 25.6. The summed E-state index contributed by atoms with van der Waals surface area (Å²) >= 11 is 6.46. The molecule has 2 unspecified atom stereocenters. The smallest absolute Gasteiger partial charge is 0.326 e. The molecule has 2 aromatic heterocycles. The lowest BCUT2D eigenvalue weighted by Gasteiger charge is -2.22. The summed E-state index contributed by atoms with van der Waals surface area (Å²) in [7, 11) is -0.194. The maximum absolute atomic E-state index is 14.3. The number of hydrogen-bond acceptors (Lipinski definition) is 6. The minimum atomic E-state index is -4.31. The molecule has 0 saturated heterocycles. The van der Waals surface area contributed by atoms with Crippen LogP contribution in [-0.2, 0) is 24.0 Å². The van der Waals surface area contributed by atoms with Crippen LogP contribution < -0.4 is 22.3 Å². The molecule has 2 heterocycles. The van der Waals surface area contributed by atoms with Crippen LogP contribution in [0.25, 0.3) is 27.8 Å². The summed E-state index contributed by atoms with van der Waals surface area (Å²) in [5.74, 6) is -6.27. The average Bonchev–Trinajstić information content (AvgIpc) is 3.47. The molecule has 0 spiro atoms. The van der Waals surface area contributed by atoms with Crippen LogP contribution in [-0.4, -0.2) is 55.0 Å². The molecule has 0 aliphatic rings. The molecule has 3 aromatic carbocycles. The molecule has 10 nitrogen and oxygen atoms in total. The third-order valence-corrected chi connectivity index (χ3v) is 8.11. The van der Waals surface area contributed by atoms with E-state index in [2.05, 4.69) is 19.8 Å². The minimum absolute atomic E-state index is 0.0648. The minimum Gasteiger partial charge on any atom is -0.386 e. The molecular weight excluding hydrogens is 698 g/mol. The third-order valence-electron chi connectivity index (χ3n) is 7.34. The van der Waals surface area contributed by atoms with Crippen molar-refractivity contribution in [3.8, 4) is 16.9 Å². The van der Waals surface area contributed by atoms with Crippen molar-refractivity contribution in [2.75, 3.05) is 18.6 Å². The Morgan fingerprint density at radius 2 is 1.80 bits per heavy atom. The number of benzene rings is 3. The number of amidine groups is 1. The highest BCUT2D eigenvalue weighted by Gasteiger charge is 2.41. The topological polar surface area (TPSA) is 146 Å². The predicted octanol–water partition coefficient (Wildman–Crippen LogP) is 5.36. The van der Waals surface area contributed by atoms with Gasteiger partial charge in [0.2, 0.25) is 0 Å². The Hall–Kier alpha value is -4.74. The third kappa shape index (κ3) is 7.47. The van der Waals surface area contributed by atoms with Crippen LogP contribution >= 0.6 is 11.6 Å². The Bertz CT molecular complexity index is 2150. The number of nitrogens with one attached hydrogen (secondary N) is 1. The number of nitrogens with zero attached hydrogens (tertiary/aromatic N) is 5. The fourth-order valence-corrected chi connectivity index (χ4v) is 5.87. The first-order valence-corrected chi connectivity index (χ1v) is 16.1. The van der Waals surface area contributed by atoms with E-state index in [-0.39, 0.29) is 62.2 Å². The Morgan fingerprint density at radius 1 is 1.10 bits per heavy atom. The lowest BCUT2D eigenvalue weighted by Crippen LogP contribution is -2.32. The van der Waals surface area contributed by atoms with Gasteiger partial charge in [-0.1, -0.05) is 17.7 Å². The normalized spacial score (nSPS) is 13.7. The van der Waals surface area contributed by atoms with E-state index in [4.69, 9.17) is 23.1 Å². The molecule has 0 aliphatic carbocycles. The summed E-state index contributed by atoms with van der Waals surface area (Å²) < 4.78 is 98.5. The molecule has 2 atom stereocenters. The van der Waals surface area contributed by atoms with E-state index in [0.717, 1.165) is 18.3 Å². The zero-order chi connectivity index (χ0) is 35.8. The van der Waals surface area contributed by atoms with Crippen molar-refractivity contribution >= 4 is 45.0 Å². The van der Waals surface area contributed by atoms with Gasteiger partial charge in [0.25, 0.3) is 5.56 Å². The second-order valence-electron chi connectivity index (χ2n) is 10.9. The molecule has 5 rings (SSSR count). The molecule has 49 heavy (non-hydrogen) atoms. The van der Waals surface area contributed by atoms with Crippen molar-refractivity contribution in [3.63, 3.8) is 0 Å². The van der Waals surface area contributed by atoms with Crippen LogP contribution in [0.1, 0.15) is 23.0 Å². The predicted molar refractivity (Wildman–Crippen MR) is 176 cm³/mol. The highest BCUT2D eigenvalue weighted by molar-refractivity contribution is 7.83. The highest BCUT2D eigenvalue weighted by Crippen LogP contribution is 2.33. The molecule has 0 aliphatic heterocycles. The molecule has 0 amide bonds. The second-order valence-corrected chi connectivity index (χ2v) is 12.3. The fourth-order valence-electron chi connectivity index (χ4n) is 5.25. The van der Waals surface area contributed by atoms with Crippen molar-refractivity contribution in [1.29, 1.82) is 0 Å². The van der Waals surface area contributed by atoms with E-state index in [1.54, 1.807) is 0 Å². The van der Waals surface area contributed by atoms with Crippen LogP contribution in [0.15, 0.2) is 70.0 Å². The van der Waals surface area contributed by atoms with Gasteiger partial charge in [0.1, 0.15) is 40.8 Å². The Labute approximate surface area is 282 Å². The van der Waals surface area contributed by atoms with Gasteiger partial charge in [-0.05, 0) is 54.4 Å². The zero-order valence-corrected chi connectivity index (χ0v) is 27.2. The van der Waals surface area contributed by atoms with Gasteiger partial charge in [-0.2, -0.15) is 18.3 Å². The van der Waals surface area contributed by atoms with Gasteiger partial charge < -0.3 is 16.8 Å². The lowest BCUT2D eigenvalue weighted by atomic mass is 10.0. The summed E-state index contributed by atoms with van der Waals surface area (Å²) in [6.07, 6.45) is -1.66. The van der Waals surface area contributed by atoms with Crippen LogP contribution in [0.4, 0.5) is 32.0 Å². The lowest BCUT2D eigenvalue weighted by molar-refractivity contribution is -0.139. The standard InChI is InChI=1S/C31H27ClF6N8O2S/c1-41-26-24(6-5-20(32)25(26)27(40)44-49(2)48)46-28(21(39)11-15-9-17(33)13-18(34)10-15)42-23-12-16(3-4-19(23)29(46)47)22-7-8-45(43-22)14-31(37,38)30(35)36/h3-10,12-13,21,30,41H,11,14,39H2,1-2H3,(H2,40,44). The summed E-state index contributed by atoms with van der Waals surface area (Å²) in [6.45, 7) is -1.36. The first-order chi connectivity index (χ1) is 23.1. The van der Waals surface area contributed by atoms with E-state index >= 15 is 0 Å². The Kier molecular flexibility index (Phi) is 10.2. The van der Waals surface area contributed by atoms with E-state index < -0.39 is 53.1 Å². The molecule has 5 N–H and O–H groups in total. The number of halogens is 7. The van der Waals surface area contributed by atoms with Crippen LogP contribution in [0, 0.1) is 11.6 Å². The molecule has 0 bridgehead atoms. The van der Waals surface area contributed by atoms with Gasteiger partial charge >= 0.3 is 12.3 Å². The number of hydrogen-bond donors (Lipinski definition) is 3. The number of nitrogens with two attached hydrogens (primary N) is 2. The van der Waals surface area contributed by atoms with E-state index in [1.807, 2.05) is 0 Å². The molecule has 18 heteroatoms. The molecule has 258 valence electrons. The average molecular weight is 725 g/mol. The summed E-state index contributed by atoms with van der Waals surface area (Å²) in [5.41, 5.74) is 13.3. The maximum Gasteiger partial charge on any atom is 0.326 e. The van der Waals surface area contributed by atoms with E-state index in [1.165, 1.54) is 54.3 Å². The first kappa shape index (κ1) is 35.6.